The van der Waals surface area contributed by atoms with Crippen LogP contribution in [0.4, 0.5) is 4.39 Å². The fraction of sp³-hybridized carbons (Fsp3) is 0.278. The third-order valence-corrected chi connectivity index (χ3v) is 6.03. The standard InChI is InChI=1S/C18H18FNO3S/c19-16-10-8-14(9-11-16)13-24(22,23)20-12-4-7-17(20)18(21)15-5-2-1-3-6-15/h1-3,5-6,8-11,17H,4,7,12-13H2. The lowest BCUT2D eigenvalue weighted by Gasteiger charge is -2.23. The summed E-state index contributed by atoms with van der Waals surface area (Å²) >= 11 is 0. The van der Waals surface area contributed by atoms with Crippen LogP contribution in [-0.4, -0.2) is 31.1 Å². The maximum Gasteiger partial charge on any atom is 0.218 e. The highest BCUT2D eigenvalue weighted by Crippen LogP contribution is 2.26. The van der Waals surface area contributed by atoms with Crippen molar-refractivity contribution in [2.75, 3.05) is 6.54 Å². The first-order chi connectivity index (χ1) is 11.5. The van der Waals surface area contributed by atoms with E-state index in [1.54, 1.807) is 24.3 Å². The summed E-state index contributed by atoms with van der Waals surface area (Å²) in [5.41, 5.74) is 1.03. The lowest BCUT2D eigenvalue weighted by molar-refractivity contribution is 0.0918. The van der Waals surface area contributed by atoms with Crippen molar-refractivity contribution in [3.8, 4) is 0 Å². The number of nitrogens with zero attached hydrogens (tertiary/aromatic N) is 1. The Bertz CT molecular complexity index is 819. The number of carbonyl (C=O) groups is 1. The van der Waals surface area contributed by atoms with E-state index in [4.69, 9.17) is 0 Å². The summed E-state index contributed by atoms with van der Waals surface area (Å²) in [7, 11) is -3.64. The zero-order valence-electron chi connectivity index (χ0n) is 13.1. The summed E-state index contributed by atoms with van der Waals surface area (Å²) in [4.78, 5) is 12.6. The maximum atomic E-state index is 13.0. The van der Waals surface area contributed by atoms with Crippen LogP contribution >= 0.6 is 0 Å². The fourth-order valence-electron chi connectivity index (χ4n) is 3.00. The van der Waals surface area contributed by atoms with E-state index in [2.05, 4.69) is 0 Å². The molecule has 1 aliphatic heterocycles. The van der Waals surface area contributed by atoms with Gasteiger partial charge < -0.3 is 0 Å². The molecule has 24 heavy (non-hydrogen) atoms. The normalized spacial score (nSPS) is 18.6. The summed E-state index contributed by atoms with van der Waals surface area (Å²) in [6.07, 6.45) is 1.18. The van der Waals surface area contributed by atoms with Gasteiger partial charge in [0, 0.05) is 12.1 Å². The van der Waals surface area contributed by atoms with Gasteiger partial charge in [-0.2, -0.15) is 4.31 Å². The fourth-order valence-corrected chi connectivity index (χ4v) is 4.78. The number of rotatable bonds is 5. The van der Waals surface area contributed by atoms with Crippen molar-refractivity contribution in [3.05, 3.63) is 71.5 Å². The minimum absolute atomic E-state index is 0.171. The third kappa shape index (κ3) is 3.55. The Morgan fingerprint density at radius 3 is 2.42 bits per heavy atom. The van der Waals surface area contributed by atoms with Gasteiger partial charge >= 0.3 is 0 Å². The molecule has 1 fully saturated rings. The van der Waals surface area contributed by atoms with Crippen molar-refractivity contribution < 1.29 is 17.6 Å². The van der Waals surface area contributed by atoms with Crippen molar-refractivity contribution >= 4 is 15.8 Å². The van der Waals surface area contributed by atoms with Crippen LogP contribution in [0.5, 0.6) is 0 Å². The quantitative estimate of drug-likeness (QED) is 0.781. The zero-order valence-corrected chi connectivity index (χ0v) is 13.9. The Hall–Kier alpha value is -2.05. The molecule has 1 atom stereocenters. The highest BCUT2D eigenvalue weighted by molar-refractivity contribution is 7.88. The van der Waals surface area contributed by atoms with E-state index in [0.29, 0.717) is 30.5 Å². The molecule has 6 heteroatoms. The molecule has 1 heterocycles. The van der Waals surface area contributed by atoms with Gasteiger partial charge in [-0.1, -0.05) is 42.5 Å². The predicted octanol–water partition coefficient (Wildman–Crippen LogP) is 3.00. The Kier molecular flexibility index (Phi) is 4.78. The molecule has 0 aromatic heterocycles. The lowest BCUT2D eigenvalue weighted by Crippen LogP contribution is -2.41. The van der Waals surface area contributed by atoms with Crippen LogP contribution in [0.15, 0.2) is 54.6 Å². The van der Waals surface area contributed by atoms with Gasteiger partial charge in [0.15, 0.2) is 5.78 Å². The molecule has 2 aromatic rings. The highest BCUT2D eigenvalue weighted by Gasteiger charge is 2.38. The van der Waals surface area contributed by atoms with Crippen molar-refractivity contribution in [1.29, 1.82) is 0 Å². The van der Waals surface area contributed by atoms with Gasteiger partial charge in [-0.05, 0) is 30.5 Å². The Morgan fingerprint density at radius 2 is 1.75 bits per heavy atom. The monoisotopic (exact) mass is 347 g/mol. The first-order valence-corrected chi connectivity index (χ1v) is 9.41. The molecular weight excluding hydrogens is 329 g/mol. The molecule has 1 aliphatic rings. The molecule has 126 valence electrons. The summed E-state index contributed by atoms with van der Waals surface area (Å²) in [5.74, 6) is -0.809. The first-order valence-electron chi connectivity index (χ1n) is 7.80. The van der Waals surface area contributed by atoms with E-state index in [1.807, 2.05) is 6.07 Å². The Labute approximate surface area is 141 Å². The first kappa shape index (κ1) is 16.8. The second kappa shape index (κ2) is 6.83. The van der Waals surface area contributed by atoms with Crippen LogP contribution in [-0.2, 0) is 15.8 Å². The van der Waals surface area contributed by atoms with Crippen molar-refractivity contribution in [3.63, 3.8) is 0 Å². The van der Waals surface area contributed by atoms with Crippen LogP contribution in [0, 0.1) is 5.82 Å². The molecule has 0 amide bonds. The summed E-state index contributed by atoms with van der Waals surface area (Å²) in [5, 5.41) is 0. The van der Waals surface area contributed by atoms with E-state index in [0.717, 1.165) is 0 Å². The lowest BCUT2D eigenvalue weighted by atomic mass is 10.0. The average Bonchev–Trinajstić information content (AvgIpc) is 3.07. The Morgan fingerprint density at radius 1 is 1.08 bits per heavy atom. The number of hydrogen-bond acceptors (Lipinski definition) is 3. The van der Waals surface area contributed by atoms with Crippen LogP contribution in [0.2, 0.25) is 0 Å². The van der Waals surface area contributed by atoms with Crippen LogP contribution in [0.1, 0.15) is 28.8 Å². The zero-order chi connectivity index (χ0) is 17.2. The second-order valence-electron chi connectivity index (χ2n) is 5.88. The summed E-state index contributed by atoms with van der Waals surface area (Å²) in [6.45, 7) is 0.340. The number of ketones is 1. The molecule has 0 bridgehead atoms. The molecule has 0 aliphatic carbocycles. The van der Waals surface area contributed by atoms with Gasteiger partial charge in [0.25, 0.3) is 0 Å². The predicted molar refractivity (Wildman–Crippen MR) is 89.5 cm³/mol. The molecule has 0 saturated carbocycles. The van der Waals surface area contributed by atoms with Crippen molar-refractivity contribution in [1.82, 2.24) is 4.31 Å². The van der Waals surface area contributed by atoms with Gasteiger partial charge in [0.2, 0.25) is 10.0 Å². The molecule has 0 spiro atoms. The second-order valence-corrected chi connectivity index (χ2v) is 7.80. The largest absolute Gasteiger partial charge is 0.292 e. The van der Waals surface area contributed by atoms with Crippen LogP contribution in [0.3, 0.4) is 0 Å². The Balaban J connectivity index is 1.81. The molecule has 0 N–H and O–H groups in total. The number of Topliss-reactive ketones (excluding diaryl/α,β-unsaturated/α-hetero) is 1. The topological polar surface area (TPSA) is 54.5 Å². The van der Waals surface area contributed by atoms with Crippen LogP contribution in [0.25, 0.3) is 0 Å². The van der Waals surface area contributed by atoms with Gasteiger partial charge in [-0.25, -0.2) is 12.8 Å². The number of halogens is 1. The number of sulfonamides is 1. The van der Waals surface area contributed by atoms with E-state index in [-0.39, 0.29) is 11.5 Å². The highest BCUT2D eigenvalue weighted by atomic mass is 32.2. The van der Waals surface area contributed by atoms with Crippen LogP contribution < -0.4 is 0 Å². The molecule has 0 radical (unpaired) electrons. The minimum atomic E-state index is -3.64. The van der Waals surface area contributed by atoms with Gasteiger partial charge in [0.1, 0.15) is 5.82 Å². The van der Waals surface area contributed by atoms with Crippen molar-refractivity contribution in [2.45, 2.75) is 24.6 Å². The molecule has 3 rings (SSSR count). The molecule has 4 nitrogen and oxygen atoms in total. The summed E-state index contributed by atoms with van der Waals surface area (Å²) < 4.78 is 39.7. The summed E-state index contributed by atoms with van der Waals surface area (Å²) in [6, 6.07) is 13.5. The minimum Gasteiger partial charge on any atom is -0.292 e. The average molecular weight is 347 g/mol. The smallest absolute Gasteiger partial charge is 0.218 e. The molecule has 2 aromatic carbocycles. The van der Waals surface area contributed by atoms with E-state index >= 15 is 0 Å². The SMILES string of the molecule is O=C(c1ccccc1)C1CCCN1S(=O)(=O)Cc1ccc(F)cc1. The van der Waals surface area contributed by atoms with E-state index in [9.17, 15) is 17.6 Å². The van der Waals surface area contributed by atoms with Crippen molar-refractivity contribution in [2.24, 2.45) is 0 Å². The number of hydrogen-bond donors (Lipinski definition) is 0. The number of carbonyl (C=O) groups excluding carboxylic acids is 1. The third-order valence-electron chi connectivity index (χ3n) is 4.18. The van der Waals surface area contributed by atoms with Gasteiger partial charge in [-0.15, -0.1) is 0 Å². The molecular formula is C18H18FNO3S. The molecule has 1 unspecified atom stereocenters. The maximum absolute atomic E-state index is 13.0. The number of benzene rings is 2. The van der Waals surface area contributed by atoms with Gasteiger partial charge in [0.05, 0.1) is 11.8 Å². The van der Waals surface area contributed by atoms with E-state index in [1.165, 1.54) is 28.6 Å². The van der Waals surface area contributed by atoms with E-state index < -0.39 is 21.9 Å². The molecule has 1 saturated heterocycles. The van der Waals surface area contributed by atoms with Gasteiger partial charge in [-0.3, -0.25) is 4.79 Å².